The highest BCUT2D eigenvalue weighted by Gasteiger charge is 2.46. The van der Waals surface area contributed by atoms with Crippen LogP contribution < -0.4 is 28.4 Å². The number of fused-ring (bicyclic) bond motifs is 3. The van der Waals surface area contributed by atoms with Gasteiger partial charge in [-0.2, -0.15) is 0 Å². The van der Waals surface area contributed by atoms with Gasteiger partial charge in [-0.3, -0.25) is 4.79 Å². The van der Waals surface area contributed by atoms with Gasteiger partial charge in [-0.1, -0.05) is 0 Å². The predicted molar refractivity (Wildman–Crippen MR) is 125 cm³/mol. The Bertz CT molecular complexity index is 1100. The van der Waals surface area contributed by atoms with Gasteiger partial charge in [-0.25, -0.2) is 0 Å². The average molecular weight is 477 g/mol. The number of methoxy groups -OCH3 is 5. The van der Waals surface area contributed by atoms with Crippen LogP contribution >= 0.6 is 0 Å². The van der Waals surface area contributed by atoms with Crippen LogP contribution in [0.4, 0.5) is 0 Å². The number of carbonyl (C=O) groups excluding carboxylic acids is 1. The summed E-state index contributed by atoms with van der Waals surface area (Å²) in [6, 6.07) is 3.39. The number of rotatable bonds is 6. The first-order valence-electron chi connectivity index (χ1n) is 10.7. The minimum atomic E-state index is -1.54. The zero-order valence-electron chi connectivity index (χ0n) is 20.8. The van der Waals surface area contributed by atoms with Gasteiger partial charge in [0.1, 0.15) is 0 Å². The van der Waals surface area contributed by atoms with Crippen LogP contribution in [0.1, 0.15) is 31.9 Å². The van der Waals surface area contributed by atoms with E-state index in [1.165, 1.54) is 42.5 Å². The molecule has 2 aromatic rings. The molecular weight excluding hydrogens is 444 g/mol. The van der Waals surface area contributed by atoms with Crippen LogP contribution in [0.15, 0.2) is 12.1 Å². The fraction of sp³-hybridized carbons (Fsp3) is 0.480. The molecule has 1 aliphatic rings. The molecule has 0 aromatic heterocycles. The van der Waals surface area contributed by atoms with Gasteiger partial charge in [0.05, 0.1) is 46.8 Å². The third kappa shape index (κ3) is 4.10. The molecule has 1 aliphatic carbocycles. The van der Waals surface area contributed by atoms with Crippen LogP contribution in [0.25, 0.3) is 11.1 Å². The predicted octanol–water partition coefficient (Wildman–Crippen LogP) is 2.92. The first kappa shape index (κ1) is 25.5. The monoisotopic (exact) mass is 476 g/mol. The number of hydrogen-bond donors (Lipinski definition) is 2. The first-order valence-corrected chi connectivity index (χ1v) is 10.7. The number of ether oxygens (including phenoxy) is 6. The Morgan fingerprint density at radius 1 is 0.706 bits per heavy atom. The first-order chi connectivity index (χ1) is 16.0. The van der Waals surface area contributed by atoms with Crippen molar-refractivity contribution in [2.24, 2.45) is 0 Å². The second-order valence-corrected chi connectivity index (χ2v) is 8.65. The molecule has 9 heteroatoms. The third-order valence-electron chi connectivity index (χ3n) is 6.34. The number of hydrogen-bond acceptors (Lipinski definition) is 9. The molecule has 0 fully saturated rings. The van der Waals surface area contributed by atoms with Crippen molar-refractivity contribution in [3.8, 4) is 45.6 Å². The molecule has 34 heavy (non-hydrogen) atoms. The van der Waals surface area contributed by atoms with Gasteiger partial charge >= 0.3 is 5.97 Å². The van der Waals surface area contributed by atoms with Gasteiger partial charge in [0.15, 0.2) is 23.0 Å². The summed E-state index contributed by atoms with van der Waals surface area (Å²) in [7, 11) is 7.37. The summed E-state index contributed by atoms with van der Waals surface area (Å²) in [6.07, 6.45) is 0.100. The molecule has 2 aromatic carbocycles. The molecule has 0 spiro atoms. The molecule has 0 saturated carbocycles. The maximum atomic E-state index is 11.9. The Balaban J connectivity index is 2.58. The molecule has 2 N–H and O–H groups in total. The molecule has 2 atom stereocenters. The molecule has 3 rings (SSSR count). The van der Waals surface area contributed by atoms with Crippen LogP contribution in [0, 0.1) is 0 Å². The van der Waals surface area contributed by atoms with E-state index in [1.54, 1.807) is 26.0 Å². The van der Waals surface area contributed by atoms with E-state index < -0.39 is 17.2 Å². The summed E-state index contributed by atoms with van der Waals surface area (Å²) >= 11 is 0. The average Bonchev–Trinajstić information content (AvgIpc) is 2.77. The molecule has 0 saturated heterocycles. The Morgan fingerprint density at radius 2 is 1.09 bits per heavy atom. The van der Waals surface area contributed by atoms with E-state index in [2.05, 4.69) is 0 Å². The van der Waals surface area contributed by atoms with Crippen LogP contribution in [-0.2, 0) is 17.6 Å². The maximum Gasteiger partial charge on any atom is 0.308 e. The summed E-state index contributed by atoms with van der Waals surface area (Å²) < 4.78 is 33.7. The zero-order chi connectivity index (χ0) is 25.4. The fourth-order valence-corrected chi connectivity index (χ4v) is 4.41. The highest BCUT2D eigenvalue weighted by Crippen LogP contribution is 2.56. The van der Waals surface area contributed by atoms with Crippen LogP contribution in [0.3, 0.4) is 0 Å². The van der Waals surface area contributed by atoms with Crippen molar-refractivity contribution in [2.45, 2.75) is 44.8 Å². The second kappa shape index (κ2) is 9.23. The molecule has 0 unspecified atom stereocenters. The number of benzene rings is 2. The Morgan fingerprint density at radius 3 is 1.44 bits per heavy atom. The number of aliphatic hydroxyl groups is 2. The minimum Gasteiger partial charge on any atom is -0.493 e. The summed E-state index contributed by atoms with van der Waals surface area (Å²) in [5, 5.41) is 22.7. The van der Waals surface area contributed by atoms with Crippen LogP contribution in [-0.4, -0.2) is 62.9 Å². The molecule has 0 amide bonds. The van der Waals surface area contributed by atoms with Crippen molar-refractivity contribution in [1.29, 1.82) is 0 Å². The molecule has 0 aliphatic heterocycles. The quantitative estimate of drug-likeness (QED) is 0.480. The third-order valence-corrected chi connectivity index (χ3v) is 6.34. The topological polar surface area (TPSA) is 113 Å². The SMILES string of the molecule is COc1cc2c(c(OC)c1OC)-c1c(cc(OC)c(OC(C)=O)c1OC)C[C@@](C)(O)[C@@](C)(O)C2. The van der Waals surface area contributed by atoms with Crippen molar-refractivity contribution < 1.29 is 43.4 Å². The molecule has 9 nitrogen and oxygen atoms in total. The lowest BCUT2D eigenvalue weighted by molar-refractivity contribution is -0.132. The Kier molecular flexibility index (Phi) is 6.91. The highest BCUT2D eigenvalue weighted by molar-refractivity contribution is 5.89. The van der Waals surface area contributed by atoms with E-state index >= 15 is 0 Å². The summed E-state index contributed by atoms with van der Waals surface area (Å²) in [5.74, 6) is 1.06. The van der Waals surface area contributed by atoms with E-state index in [9.17, 15) is 15.0 Å². The summed E-state index contributed by atoms with van der Waals surface area (Å²) in [4.78, 5) is 11.9. The summed E-state index contributed by atoms with van der Waals surface area (Å²) in [5.41, 5.74) is -0.806. The van der Waals surface area contributed by atoms with Gasteiger partial charge in [0.2, 0.25) is 11.5 Å². The van der Waals surface area contributed by atoms with Gasteiger partial charge in [-0.05, 0) is 37.1 Å². The normalized spacial score (nSPS) is 21.4. The summed E-state index contributed by atoms with van der Waals surface area (Å²) in [6.45, 7) is 4.42. The maximum absolute atomic E-state index is 11.9. The van der Waals surface area contributed by atoms with Gasteiger partial charge in [-0.15, -0.1) is 0 Å². The van der Waals surface area contributed by atoms with Crippen molar-refractivity contribution in [3.63, 3.8) is 0 Å². The molecule has 0 bridgehead atoms. The van der Waals surface area contributed by atoms with Crippen molar-refractivity contribution >= 4 is 5.97 Å². The fourth-order valence-electron chi connectivity index (χ4n) is 4.41. The van der Waals surface area contributed by atoms with Crippen molar-refractivity contribution in [1.82, 2.24) is 0 Å². The lowest BCUT2D eigenvalue weighted by Gasteiger charge is -2.42. The van der Waals surface area contributed by atoms with Crippen molar-refractivity contribution in [3.05, 3.63) is 23.3 Å². The van der Waals surface area contributed by atoms with E-state index in [0.29, 0.717) is 39.5 Å². The number of esters is 1. The van der Waals surface area contributed by atoms with E-state index in [0.717, 1.165) is 0 Å². The lowest BCUT2D eigenvalue weighted by Crippen LogP contribution is -2.53. The zero-order valence-corrected chi connectivity index (χ0v) is 20.8. The second-order valence-electron chi connectivity index (χ2n) is 8.65. The van der Waals surface area contributed by atoms with Gasteiger partial charge in [0, 0.05) is 30.9 Å². The Hall–Kier alpha value is -3.17. The van der Waals surface area contributed by atoms with E-state index in [1.807, 2.05) is 0 Å². The van der Waals surface area contributed by atoms with Crippen LogP contribution in [0.2, 0.25) is 0 Å². The van der Waals surface area contributed by atoms with Gasteiger partial charge in [0.25, 0.3) is 0 Å². The molecular formula is C25H32O9. The van der Waals surface area contributed by atoms with Crippen molar-refractivity contribution in [2.75, 3.05) is 35.5 Å². The van der Waals surface area contributed by atoms with Crippen LogP contribution in [0.5, 0.6) is 34.5 Å². The van der Waals surface area contributed by atoms with E-state index in [4.69, 9.17) is 28.4 Å². The van der Waals surface area contributed by atoms with Gasteiger partial charge < -0.3 is 38.6 Å². The Labute approximate surface area is 199 Å². The highest BCUT2D eigenvalue weighted by atomic mass is 16.6. The molecule has 0 heterocycles. The number of carbonyl (C=O) groups is 1. The molecule has 0 radical (unpaired) electrons. The smallest absolute Gasteiger partial charge is 0.308 e. The van der Waals surface area contributed by atoms with E-state index in [-0.39, 0.29) is 30.1 Å². The standard InChI is InChI=1S/C25H32O9/c1-13(26)34-21-17(30-5)10-15-12-25(3,28)24(2,27)11-14-9-16(29-4)20(31-6)22(32-7)18(14)19(15)23(21)33-8/h9-10,27-28H,11-12H2,1-8H3/t24-,25+/m0/s1. The minimum absolute atomic E-state index is 0.0410. The largest absolute Gasteiger partial charge is 0.493 e. The lowest BCUT2D eigenvalue weighted by atomic mass is 9.72. The molecule has 186 valence electrons.